The van der Waals surface area contributed by atoms with Crippen molar-refractivity contribution in [3.63, 3.8) is 0 Å². The fourth-order valence-electron chi connectivity index (χ4n) is 3.64. The van der Waals surface area contributed by atoms with Crippen LogP contribution >= 0.6 is 15.9 Å². The fourth-order valence-corrected chi connectivity index (χ4v) is 4.23. The lowest BCUT2D eigenvalue weighted by Gasteiger charge is -2.23. The quantitative estimate of drug-likeness (QED) is 0.770. The van der Waals surface area contributed by atoms with E-state index >= 15 is 0 Å². The summed E-state index contributed by atoms with van der Waals surface area (Å²) in [5.74, 6) is -1.37. The van der Waals surface area contributed by atoms with Crippen LogP contribution in [-0.4, -0.2) is 24.1 Å². The molecule has 23 heavy (non-hydrogen) atoms. The number of carbonyl (C=O) groups is 2. The van der Waals surface area contributed by atoms with Crippen molar-refractivity contribution in [2.45, 2.75) is 13.0 Å². The van der Waals surface area contributed by atoms with E-state index in [1.165, 1.54) is 0 Å². The predicted molar refractivity (Wildman–Crippen MR) is 87.9 cm³/mol. The first kappa shape index (κ1) is 16.1. The highest BCUT2D eigenvalue weighted by Gasteiger charge is 2.51. The van der Waals surface area contributed by atoms with Crippen molar-refractivity contribution in [3.8, 4) is 5.75 Å². The van der Waals surface area contributed by atoms with Crippen LogP contribution < -0.4 is 10.1 Å². The zero-order valence-electron chi connectivity index (χ0n) is 12.7. The fraction of sp³-hybridized carbons (Fsp3) is 0.412. The van der Waals surface area contributed by atoms with Gasteiger partial charge in [0, 0.05) is 6.54 Å². The highest BCUT2D eigenvalue weighted by Crippen LogP contribution is 2.48. The molecule has 0 saturated heterocycles. The van der Waals surface area contributed by atoms with Crippen LogP contribution in [0.3, 0.4) is 0 Å². The van der Waals surface area contributed by atoms with Gasteiger partial charge in [0.15, 0.2) is 0 Å². The number of amides is 1. The van der Waals surface area contributed by atoms with Crippen LogP contribution in [-0.2, 0) is 16.1 Å². The lowest BCUT2D eigenvalue weighted by Crippen LogP contribution is -2.39. The number of hydrogen-bond acceptors (Lipinski definition) is 3. The largest absolute Gasteiger partial charge is 0.496 e. The smallest absolute Gasteiger partial charge is 0.307 e. The monoisotopic (exact) mass is 379 g/mol. The van der Waals surface area contributed by atoms with Gasteiger partial charge in [-0.3, -0.25) is 9.59 Å². The molecule has 5 nitrogen and oxygen atoms in total. The van der Waals surface area contributed by atoms with E-state index < -0.39 is 17.8 Å². The molecule has 4 atom stereocenters. The van der Waals surface area contributed by atoms with Crippen molar-refractivity contribution < 1.29 is 19.4 Å². The Hall–Kier alpha value is -1.82. The maximum atomic E-state index is 12.5. The van der Waals surface area contributed by atoms with Crippen molar-refractivity contribution in [2.24, 2.45) is 23.7 Å². The molecule has 2 aliphatic carbocycles. The molecule has 122 valence electrons. The lowest BCUT2D eigenvalue weighted by molar-refractivity contribution is -0.147. The molecule has 1 aromatic carbocycles. The number of rotatable bonds is 5. The number of allylic oxidation sites excluding steroid dienone is 2. The molecule has 6 heteroatoms. The van der Waals surface area contributed by atoms with Gasteiger partial charge in [-0.05, 0) is 51.9 Å². The second-order valence-corrected chi connectivity index (χ2v) is 6.88. The highest BCUT2D eigenvalue weighted by molar-refractivity contribution is 9.10. The maximum Gasteiger partial charge on any atom is 0.307 e. The van der Waals surface area contributed by atoms with E-state index in [9.17, 15) is 14.7 Å². The zero-order valence-corrected chi connectivity index (χ0v) is 14.2. The first-order valence-corrected chi connectivity index (χ1v) is 8.32. The first-order valence-electron chi connectivity index (χ1n) is 7.52. The van der Waals surface area contributed by atoms with Gasteiger partial charge in [0.1, 0.15) is 5.75 Å². The number of methoxy groups -OCH3 is 1. The van der Waals surface area contributed by atoms with Crippen LogP contribution in [0.2, 0.25) is 0 Å². The minimum absolute atomic E-state index is 0.0108. The van der Waals surface area contributed by atoms with Crippen molar-refractivity contribution in [1.82, 2.24) is 5.32 Å². The second kappa shape index (κ2) is 6.35. The minimum atomic E-state index is -0.880. The normalized spacial score (nSPS) is 27.9. The van der Waals surface area contributed by atoms with E-state index in [1.54, 1.807) is 7.11 Å². The molecule has 4 unspecified atom stereocenters. The maximum absolute atomic E-state index is 12.5. The number of hydrogen-bond donors (Lipinski definition) is 2. The van der Waals surface area contributed by atoms with E-state index in [0.29, 0.717) is 6.54 Å². The van der Waals surface area contributed by atoms with Crippen LogP contribution in [0.4, 0.5) is 0 Å². The number of fused-ring (bicyclic) bond motifs is 2. The van der Waals surface area contributed by atoms with Gasteiger partial charge in [-0.1, -0.05) is 18.2 Å². The second-order valence-electron chi connectivity index (χ2n) is 6.02. The van der Waals surface area contributed by atoms with E-state index in [-0.39, 0.29) is 17.7 Å². The van der Waals surface area contributed by atoms with Crippen molar-refractivity contribution in [1.29, 1.82) is 0 Å². The van der Waals surface area contributed by atoms with E-state index in [2.05, 4.69) is 21.2 Å². The molecular formula is C17H18BrNO4. The van der Waals surface area contributed by atoms with Crippen LogP contribution in [0.25, 0.3) is 0 Å². The van der Waals surface area contributed by atoms with Crippen molar-refractivity contribution in [3.05, 3.63) is 40.4 Å². The molecule has 1 fully saturated rings. The Morgan fingerprint density at radius 1 is 1.30 bits per heavy atom. The number of nitrogens with one attached hydrogen (secondary N) is 1. The van der Waals surface area contributed by atoms with Crippen molar-refractivity contribution in [2.75, 3.05) is 7.11 Å². The highest BCUT2D eigenvalue weighted by atomic mass is 79.9. The number of halogens is 1. The third-order valence-corrected chi connectivity index (χ3v) is 5.35. The lowest BCUT2D eigenvalue weighted by atomic mass is 9.82. The van der Waals surface area contributed by atoms with E-state index in [0.717, 1.165) is 22.2 Å². The molecule has 1 aromatic rings. The van der Waals surface area contributed by atoms with Gasteiger partial charge in [0.05, 0.1) is 23.4 Å². The SMILES string of the molecule is COc1ccc(CNC(=O)C2C3C=CC(C3)C2C(=O)O)cc1Br. The molecule has 2 bridgehead atoms. The molecule has 0 radical (unpaired) electrons. The summed E-state index contributed by atoms with van der Waals surface area (Å²) in [5.41, 5.74) is 0.927. The van der Waals surface area contributed by atoms with Crippen molar-refractivity contribution >= 4 is 27.8 Å². The van der Waals surface area contributed by atoms with Gasteiger partial charge in [0.25, 0.3) is 0 Å². The van der Waals surface area contributed by atoms with Crippen LogP contribution in [0.15, 0.2) is 34.8 Å². The third-order valence-electron chi connectivity index (χ3n) is 4.73. The predicted octanol–water partition coefficient (Wildman–Crippen LogP) is 2.60. The Morgan fingerprint density at radius 2 is 2.00 bits per heavy atom. The Balaban J connectivity index is 1.66. The average molecular weight is 380 g/mol. The van der Waals surface area contributed by atoms with Gasteiger partial charge >= 0.3 is 5.97 Å². The van der Waals surface area contributed by atoms with Crippen LogP contribution in [0.1, 0.15) is 12.0 Å². The third kappa shape index (κ3) is 3.00. The van der Waals surface area contributed by atoms with Gasteiger partial charge in [-0.2, -0.15) is 0 Å². The summed E-state index contributed by atoms with van der Waals surface area (Å²) in [6.45, 7) is 0.366. The van der Waals surface area contributed by atoms with Crippen LogP contribution in [0, 0.1) is 23.7 Å². The molecule has 0 heterocycles. The molecule has 1 saturated carbocycles. The summed E-state index contributed by atoms with van der Waals surface area (Å²) >= 11 is 3.41. The van der Waals surface area contributed by atoms with Gasteiger partial charge < -0.3 is 15.2 Å². The summed E-state index contributed by atoms with van der Waals surface area (Å²) in [4.78, 5) is 23.9. The average Bonchev–Trinajstić information content (AvgIpc) is 3.13. The minimum Gasteiger partial charge on any atom is -0.496 e. The summed E-state index contributed by atoms with van der Waals surface area (Å²) < 4.78 is 5.99. The van der Waals surface area contributed by atoms with E-state index in [4.69, 9.17) is 4.74 Å². The van der Waals surface area contributed by atoms with Crippen LogP contribution in [0.5, 0.6) is 5.75 Å². The topological polar surface area (TPSA) is 75.6 Å². The number of carboxylic acids is 1. The Kier molecular flexibility index (Phi) is 4.43. The zero-order chi connectivity index (χ0) is 16.6. The van der Waals surface area contributed by atoms with Gasteiger partial charge in [-0.25, -0.2) is 0 Å². The number of aliphatic carboxylic acids is 1. The summed E-state index contributed by atoms with van der Waals surface area (Å²) in [5, 5.41) is 12.3. The summed E-state index contributed by atoms with van der Waals surface area (Å²) in [6.07, 6.45) is 4.69. The molecule has 2 aliphatic rings. The summed E-state index contributed by atoms with van der Waals surface area (Å²) in [6, 6.07) is 5.58. The number of benzene rings is 1. The number of ether oxygens (including phenoxy) is 1. The van der Waals surface area contributed by atoms with Gasteiger partial charge in [0.2, 0.25) is 5.91 Å². The summed E-state index contributed by atoms with van der Waals surface area (Å²) in [7, 11) is 1.59. The molecule has 0 aromatic heterocycles. The molecule has 2 N–H and O–H groups in total. The first-order chi connectivity index (χ1) is 11.0. The molecule has 3 rings (SSSR count). The Morgan fingerprint density at radius 3 is 2.61 bits per heavy atom. The molecule has 1 amide bonds. The number of carbonyl (C=O) groups excluding carboxylic acids is 1. The number of carboxylic acid groups (broad SMARTS) is 1. The Labute approximate surface area is 142 Å². The van der Waals surface area contributed by atoms with E-state index in [1.807, 2.05) is 30.4 Å². The standard InChI is InChI=1S/C17H18BrNO4/c1-23-13-5-2-9(6-12(13)18)8-19-16(20)14-10-3-4-11(7-10)15(14)17(21)22/h2-6,10-11,14-15H,7-8H2,1H3,(H,19,20)(H,21,22). The Bertz CT molecular complexity index is 673. The molecule has 0 spiro atoms. The molecule has 0 aliphatic heterocycles. The molecular weight excluding hydrogens is 362 g/mol. The van der Waals surface area contributed by atoms with Gasteiger partial charge in [-0.15, -0.1) is 0 Å².